The SMILES string of the molecule is CC(=O)NNC(=O)CSc1ncnc2sc3c(c12)CCCC3. The van der Waals surface area contributed by atoms with Crippen LogP contribution in [-0.4, -0.2) is 27.5 Å². The van der Waals surface area contributed by atoms with Crippen molar-refractivity contribution in [2.24, 2.45) is 0 Å². The first-order valence-electron chi connectivity index (χ1n) is 7.08. The summed E-state index contributed by atoms with van der Waals surface area (Å²) in [6.07, 6.45) is 6.16. The molecule has 0 radical (unpaired) electrons. The maximum Gasteiger partial charge on any atom is 0.248 e. The van der Waals surface area contributed by atoms with Gasteiger partial charge in [-0.15, -0.1) is 11.3 Å². The summed E-state index contributed by atoms with van der Waals surface area (Å²) >= 11 is 3.12. The molecule has 22 heavy (non-hydrogen) atoms. The van der Waals surface area contributed by atoms with E-state index in [0.29, 0.717) is 0 Å². The minimum atomic E-state index is -0.297. The standard InChI is InChI=1S/C14H16N4O2S2/c1-8(19)17-18-11(20)6-21-13-12-9-4-2-3-5-10(9)22-14(12)16-7-15-13/h7H,2-6H2,1H3,(H,17,19)(H,18,20). The number of thiophene rings is 1. The van der Waals surface area contributed by atoms with E-state index < -0.39 is 0 Å². The number of aromatic nitrogens is 2. The number of aryl methyl sites for hydroxylation is 2. The van der Waals surface area contributed by atoms with Gasteiger partial charge in [-0.1, -0.05) is 11.8 Å². The Morgan fingerprint density at radius 2 is 2.09 bits per heavy atom. The number of hydrazine groups is 1. The Hall–Kier alpha value is -1.67. The van der Waals surface area contributed by atoms with Crippen molar-refractivity contribution in [3.63, 3.8) is 0 Å². The van der Waals surface area contributed by atoms with E-state index in [1.807, 2.05) is 0 Å². The van der Waals surface area contributed by atoms with E-state index in [-0.39, 0.29) is 17.6 Å². The van der Waals surface area contributed by atoms with Gasteiger partial charge in [0.05, 0.1) is 5.75 Å². The molecule has 0 atom stereocenters. The van der Waals surface area contributed by atoms with Crippen molar-refractivity contribution >= 4 is 45.1 Å². The molecule has 0 bridgehead atoms. The van der Waals surface area contributed by atoms with E-state index in [4.69, 9.17) is 0 Å². The van der Waals surface area contributed by atoms with Crippen LogP contribution in [0.25, 0.3) is 10.2 Å². The van der Waals surface area contributed by atoms with Gasteiger partial charge in [0.2, 0.25) is 11.8 Å². The molecule has 2 heterocycles. The Morgan fingerprint density at radius 1 is 1.27 bits per heavy atom. The van der Waals surface area contributed by atoms with Crippen LogP contribution in [0.1, 0.15) is 30.2 Å². The molecule has 116 valence electrons. The van der Waals surface area contributed by atoms with Gasteiger partial charge < -0.3 is 0 Å². The van der Waals surface area contributed by atoms with Crippen LogP contribution in [0.4, 0.5) is 0 Å². The Morgan fingerprint density at radius 3 is 2.91 bits per heavy atom. The Kier molecular flexibility index (Phi) is 4.58. The van der Waals surface area contributed by atoms with Crippen LogP contribution < -0.4 is 10.9 Å². The predicted molar refractivity (Wildman–Crippen MR) is 86.7 cm³/mol. The smallest absolute Gasteiger partial charge is 0.248 e. The van der Waals surface area contributed by atoms with Crippen molar-refractivity contribution in [2.75, 3.05) is 5.75 Å². The molecule has 2 aromatic rings. The van der Waals surface area contributed by atoms with Gasteiger partial charge in [0.1, 0.15) is 16.2 Å². The monoisotopic (exact) mass is 336 g/mol. The van der Waals surface area contributed by atoms with Crippen molar-refractivity contribution in [2.45, 2.75) is 37.6 Å². The number of hydrogen-bond donors (Lipinski definition) is 2. The lowest BCUT2D eigenvalue weighted by Gasteiger charge is -2.11. The topological polar surface area (TPSA) is 84.0 Å². The molecule has 0 spiro atoms. The van der Waals surface area contributed by atoms with Crippen molar-refractivity contribution in [1.82, 2.24) is 20.8 Å². The Balaban J connectivity index is 1.77. The van der Waals surface area contributed by atoms with Crippen molar-refractivity contribution in [3.8, 4) is 0 Å². The lowest BCUT2D eigenvalue weighted by molar-refractivity contribution is -0.126. The molecule has 0 fully saturated rings. The summed E-state index contributed by atoms with van der Waals surface area (Å²) in [5.41, 5.74) is 6.00. The Bertz CT molecular complexity index is 729. The summed E-state index contributed by atoms with van der Waals surface area (Å²) < 4.78 is 0. The van der Waals surface area contributed by atoms with E-state index in [1.165, 1.54) is 42.0 Å². The first-order chi connectivity index (χ1) is 10.6. The molecule has 2 aromatic heterocycles. The molecular formula is C14H16N4O2S2. The van der Waals surface area contributed by atoms with Crippen LogP contribution in [-0.2, 0) is 22.4 Å². The zero-order valence-corrected chi connectivity index (χ0v) is 13.8. The lowest BCUT2D eigenvalue weighted by atomic mass is 9.97. The lowest BCUT2D eigenvalue weighted by Crippen LogP contribution is -2.41. The molecule has 0 unspecified atom stereocenters. The minimum absolute atomic E-state index is 0.205. The minimum Gasteiger partial charge on any atom is -0.274 e. The molecule has 0 aliphatic heterocycles. The molecule has 3 rings (SSSR count). The fourth-order valence-corrected chi connectivity index (χ4v) is 4.62. The Labute approximate surface area is 136 Å². The molecule has 1 aliphatic rings. The zero-order valence-electron chi connectivity index (χ0n) is 12.1. The average Bonchev–Trinajstić information content (AvgIpc) is 2.90. The number of carbonyl (C=O) groups is 2. The summed E-state index contributed by atoms with van der Waals surface area (Å²) in [4.78, 5) is 33.6. The maximum absolute atomic E-state index is 11.7. The molecule has 2 amide bonds. The first kappa shape index (κ1) is 15.2. The summed E-state index contributed by atoms with van der Waals surface area (Å²) in [6.45, 7) is 1.35. The first-order valence-corrected chi connectivity index (χ1v) is 8.89. The highest BCUT2D eigenvalue weighted by Gasteiger charge is 2.20. The highest BCUT2D eigenvalue weighted by atomic mass is 32.2. The second kappa shape index (κ2) is 6.62. The van der Waals surface area contributed by atoms with Gasteiger partial charge in [0, 0.05) is 17.2 Å². The number of amides is 2. The molecule has 0 aromatic carbocycles. The highest BCUT2D eigenvalue weighted by molar-refractivity contribution is 8.00. The number of hydrogen-bond acceptors (Lipinski definition) is 6. The molecule has 0 saturated heterocycles. The van der Waals surface area contributed by atoms with Gasteiger partial charge in [-0.3, -0.25) is 20.4 Å². The van der Waals surface area contributed by atoms with E-state index in [2.05, 4.69) is 20.8 Å². The van der Waals surface area contributed by atoms with Crippen molar-refractivity contribution in [3.05, 3.63) is 16.8 Å². The summed E-state index contributed by atoms with van der Waals surface area (Å²) in [6, 6.07) is 0. The molecule has 2 N–H and O–H groups in total. The average molecular weight is 336 g/mol. The number of carbonyl (C=O) groups excluding carboxylic acids is 2. The largest absolute Gasteiger partial charge is 0.274 e. The molecule has 6 nitrogen and oxygen atoms in total. The van der Waals surface area contributed by atoms with Gasteiger partial charge >= 0.3 is 0 Å². The highest BCUT2D eigenvalue weighted by Crippen LogP contribution is 2.39. The summed E-state index contributed by atoms with van der Waals surface area (Å²) in [7, 11) is 0. The fraction of sp³-hybridized carbons (Fsp3) is 0.429. The number of nitrogens with one attached hydrogen (secondary N) is 2. The van der Waals surface area contributed by atoms with E-state index in [0.717, 1.165) is 28.1 Å². The van der Waals surface area contributed by atoms with E-state index in [1.54, 1.807) is 17.7 Å². The van der Waals surface area contributed by atoms with Crippen molar-refractivity contribution < 1.29 is 9.59 Å². The number of nitrogens with zero attached hydrogens (tertiary/aromatic N) is 2. The summed E-state index contributed by atoms with van der Waals surface area (Å²) in [5.74, 6) is -0.345. The van der Waals surface area contributed by atoms with Gasteiger partial charge in [0.15, 0.2) is 0 Å². The van der Waals surface area contributed by atoms with Crippen molar-refractivity contribution in [1.29, 1.82) is 0 Å². The van der Waals surface area contributed by atoms with E-state index >= 15 is 0 Å². The molecule has 0 saturated carbocycles. The van der Waals surface area contributed by atoms with Gasteiger partial charge in [-0.25, -0.2) is 9.97 Å². The fourth-order valence-electron chi connectivity index (χ4n) is 2.50. The van der Waals surface area contributed by atoms with Crippen LogP contribution in [0.15, 0.2) is 11.4 Å². The molecule has 8 heteroatoms. The maximum atomic E-state index is 11.7. The number of fused-ring (bicyclic) bond motifs is 3. The third-order valence-corrected chi connectivity index (χ3v) is 5.62. The number of thioether (sulfide) groups is 1. The normalized spacial score (nSPS) is 13.7. The second-order valence-corrected chi connectivity index (χ2v) is 7.14. The predicted octanol–water partition coefficient (Wildman–Crippen LogP) is 1.83. The summed E-state index contributed by atoms with van der Waals surface area (Å²) in [5, 5.41) is 1.96. The quantitative estimate of drug-likeness (QED) is 0.507. The van der Waals surface area contributed by atoms with Crippen LogP contribution in [0, 0.1) is 0 Å². The molecular weight excluding hydrogens is 320 g/mol. The van der Waals surface area contributed by atoms with Crippen LogP contribution in [0.2, 0.25) is 0 Å². The van der Waals surface area contributed by atoms with E-state index in [9.17, 15) is 9.59 Å². The second-order valence-electron chi connectivity index (χ2n) is 5.09. The molecule has 1 aliphatic carbocycles. The zero-order chi connectivity index (χ0) is 15.5. The number of rotatable bonds is 3. The van der Waals surface area contributed by atoms with Gasteiger partial charge in [-0.05, 0) is 31.2 Å². The third-order valence-electron chi connectivity index (χ3n) is 3.43. The van der Waals surface area contributed by atoms with Gasteiger partial charge in [-0.2, -0.15) is 0 Å². The van der Waals surface area contributed by atoms with Gasteiger partial charge in [0.25, 0.3) is 0 Å². The van der Waals surface area contributed by atoms with Crippen LogP contribution in [0.5, 0.6) is 0 Å². The third kappa shape index (κ3) is 3.22. The van der Waals surface area contributed by atoms with Crippen LogP contribution in [0.3, 0.4) is 0 Å². The van der Waals surface area contributed by atoms with Crippen LogP contribution >= 0.6 is 23.1 Å².